The summed E-state index contributed by atoms with van der Waals surface area (Å²) < 4.78 is 0. The van der Waals surface area contributed by atoms with Crippen LogP contribution in [0.25, 0.3) is 0 Å². The molecule has 1 aliphatic carbocycles. The topological polar surface area (TPSA) is 48.5 Å². The number of nitrogens with one attached hydrogen (secondary N) is 1. The highest BCUT2D eigenvalue weighted by Gasteiger charge is 2.26. The van der Waals surface area contributed by atoms with Crippen LogP contribution in [0.5, 0.6) is 0 Å². The van der Waals surface area contributed by atoms with E-state index in [1.165, 1.54) is 32.1 Å². The van der Waals surface area contributed by atoms with Gasteiger partial charge in [-0.3, -0.25) is 19.6 Å². The summed E-state index contributed by atoms with van der Waals surface area (Å²) in [5.74, 6) is 0.892. The third-order valence-electron chi connectivity index (χ3n) is 5.74. The molecule has 1 unspecified atom stereocenters. The fraction of sp³-hybridized carbons (Fsp3) is 0.700. The van der Waals surface area contributed by atoms with E-state index < -0.39 is 0 Å². The summed E-state index contributed by atoms with van der Waals surface area (Å²) in [5, 5.41) is 3.20. The Morgan fingerprint density at radius 2 is 1.96 bits per heavy atom. The molecule has 1 aliphatic heterocycles. The van der Waals surface area contributed by atoms with Gasteiger partial charge in [-0.15, -0.1) is 0 Å². The molecule has 2 fully saturated rings. The number of carbonyl (C=O) groups excluding carboxylic acids is 1. The first-order chi connectivity index (χ1) is 12.2. The summed E-state index contributed by atoms with van der Waals surface area (Å²) >= 11 is 0. The molecule has 0 radical (unpaired) electrons. The third-order valence-corrected chi connectivity index (χ3v) is 5.74. The first kappa shape index (κ1) is 18.3. The lowest BCUT2D eigenvalue weighted by Crippen LogP contribution is -2.54. The monoisotopic (exact) mass is 344 g/mol. The summed E-state index contributed by atoms with van der Waals surface area (Å²) in [7, 11) is 0. The van der Waals surface area contributed by atoms with Crippen molar-refractivity contribution < 1.29 is 4.79 Å². The van der Waals surface area contributed by atoms with E-state index in [9.17, 15) is 4.79 Å². The van der Waals surface area contributed by atoms with Crippen molar-refractivity contribution in [3.8, 4) is 0 Å². The number of hydrogen-bond donors (Lipinski definition) is 1. The molecule has 2 heterocycles. The quantitative estimate of drug-likeness (QED) is 0.860. The van der Waals surface area contributed by atoms with Gasteiger partial charge in [0.05, 0.1) is 11.7 Å². The van der Waals surface area contributed by atoms with Gasteiger partial charge in [0.25, 0.3) is 0 Å². The Balaban J connectivity index is 1.38. The summed E-state index contributed by atoms with van der Waals surface area (Å²) in [6.45, 7) is 7.70. The number of hydrogen-bond acceptors (Lipinski definition) is 4. The van der Waals surface area contributed by atoms with Crippen LogP contribution in [0.1, 0.15) is 44.7 Å². The van der Waals surface area contributed by atoms with Crippen molar-refractivity contribution in [3.05, 3.63) is 30.1 Å². The molecule has 25 heavy (non-hydrogen) atoms. The van der Waals surface area contributed by atoms with Gasteiger partial charge in [0.15, 0.2) is 0 Å². The molecule has 0 spiro atoms. The lowest BCUT2D eigenvalue weighted by Gasteiger charge is -2.37. The molecule has 1 amide bonds. The van der Waals surface area contributed by atoms with E-state index in [4.69, 9.17) is 0 Å². The summed E-state index contributed by atoms with van der Waals surface area (Å²) in [5.41, 5.74) is 1.12. The minimum atomic E-state index is -0.0272. The minimum Gasteiger partial charge on any atom is -0.354 e. The van der Waals surface area contributed by atoms with Crippen molar-refractivity contribution in [1.29, 1.82) is 0 Å². The second-order valence-electron chi connectivity index (χ2n) is 7.56. The van der Waals surface area contributed by atoms with Gasteiger partial charge >= 0.3 is 0 Å². The summed E-state index contributed by atoms with van der Waals surface area (Å²) in [6, 6.07) is 6.04. The molecule has 3 rings (SSSR count). The van der Waals surface area contributed by atoms with Crippen molar-refractivity contribution in [2.75, 3.05) is 32.7 Å². The lowest BCUT2D eigenvalue weighted by molar-refractivity contribution is -0.126. The second-order valence-corrected chi connectivity index (χ2v) is 7.56. The molecule has 1 atom stereocenters. The molecular weight excluding hydrogens is 312 g/mol. The van der Waals surface area contributed by atoms with Crippen LogP contribution < -0.4 is 5.32 Å². The Kier molecular flexibility index (Phi) is 6.82. The number of pyridine rings is 1. The number of carbonyl (C=O) groups is 1. The van der Waals surface area contributed by atoms with Gasteiger partial charge in [-0.1, -0.05) is 25.3 Å². The van der Waals surface area contributed by atoms with Gasteiger partial charge < -0.3 is 5.32 Å². The van der Waals surface area contributed by atoms with E-state index in [1.54, 1.807) is 0 Å². The van der Waals surface area contributed by atoms with Gasteiger partial charge in [0.1, 0.15) is 0 Å². The molecular formula is C20H32N4O. The maximum atomic E-state index is 12.5. The molecule has 1 aromatic heterocycles. The first-order valence-corrected chi connectivity index (χ1v) is 9.86. The zero-order valence-corrected chi connectivity index (χ0v) is 15.5. The van der Waals surface area contributed by atoms with Crippen LogP contribution >= 0.6 is 0 Å². The van der Waals surface area contributed by atoms with Crippen molar-refractivity contribution in [2.24, 2.45) is 5.92 Å². The number of aromatic nitrogens is 1. The van der Waals surface area contributed by atoms with Crippen LogP contribution in [-0.4, -0.2) is 59.5 Å². The maximum absolute atomic E-state index is 12.5. The average Bonchev–Trinajstić information content (AvgIpc) is 2.68. The van der Waals surface area contributed by atoms with Crippen LogP contribution in [0, 0.1) is 5.92 Å². The Morgan fingerprint density at radius 1 is 1.20 bits per heavy atom. The van der Waals surface area contributed by atoms with Crippen LogP contribution in [0.2, 0.25) is 0 Å². The van der Waals surface area contributed by atoms with E-state index >= 15 is 0 Å². The third kappa shape index (κ3) is 5.51. The first-order valence-electron chi connectivity index (χ1n) is 9.86. The standard InChI is InChI=1S/C20H32N4O/c1-17(20(25)22-15-18-7-3-2-4-8-18)24-13-11-23(12-14-24)16-19-9-5-6-10-21-19/h5-6,9-10,17-18H,2-4,7-8,11-16H2,1H3,(H,22,25). The van der Waals surface area contributed by atoms with Gasteiger partial charge in [-0.2, -0.15) is 0 Å². The summed E-state index contributed by atoms with van der Waals surface area (Å²) in [4.78, 5) is 21.6. The highest BCUT2D eigenvalue weighted by atomic mass is 16.2. The molecule has 2 aliphatic rings. The van der Waals surface area contributed by atoms with E-state index in [-0.39, 0.29) is 11.9 Å². The largest absolute Gasteiger partial charge is 0.354 e. The zero-order valence-electron chi connectivity index (χ0n) is 15.5. The van der Waals surface area contributed by atoms with Crippen LogP contribution in [0.3, 0.4) is 0 Å². The van der Waals surface area contributed by atoms with Crippen molar-refractivity contribution in [1.82, 2.24) is 20.1 Å². The summed E-state index contributed by atoms with van der Waals surface area (Å²) in [6.07, 6.45) is 8.43. The average molecular weight is 345 g/mol. The zero-order chi connectivity index (χ0) is 17.5. The molecule has 0 bridgehead atoms. The molecule has 1 saturated carbocycles. The molecule has 5 heteroatoms. The highest BCUT2D eigenvalue weighted by molar-refractivity contribution is 5.81. The second kappa shape index (κ2) is 9.30. The van der Waals surface area contributed by atoms with Crippen LogP contribution in [-0.2, 0) is 11.3 Å². The highest BCUT2D eigenvalue weighted by Crippen LogP contribution is 2.22. The van der Waals surface area contributed by atoms with Crippen molar-refractivity contribution >= 4 is 5.91 Å². The molecule has 0 aromatic carbocycles. The minimum absolute atomic E-state index is 0.0272. The normalized spacial score (nSPS) is 21.8. The van der Waals surface area contributed by atoms with Crippen LogP contribution in [0.15, 0.2) is 24.4 Å². The van der Waals surface area contributed by atoms with E-state index in [2.05, 4.69) is 26.2 Å². The Morgan fingerprint density at radius 3 is 2.64 bits per heavy atom. The van der Waals surface area contributed by atoms with Gasteiger partial charge in [0.2, 0.25) is 5.91 Å². The number of piperazine rings is 1. The predicted octanol–water partition coefficient (Wildman–Crippen LogP) is 2.28. The van der Waals surface area contributed by atoms with Gasteiger partial charge in [-0.25, -0.2) is 0 Å². The van der Waals surface area contributed by atoms with E-state index in [0.29, 0.717) is 5.92 Å². The molecule has 5 nitrogen and oxygen atoms in total. The van der Waals surface area contributed by atoms with E-state index in [0.717, 1.165) is 45.0 Å². The number of rotatable bonds is 6. The van der Waals surface area contributed by atoms with Crippen LogP contribution in [0.4, 0.5) is 0 Å². The molecule has 1 N–H and O–H groups in total. The van der Waals surface area contributed by atoms with Crippen molar-refractivity contribution in [3.63, 3.8) is 0 Å². The Labute approximate surface area is 151 Å². The van der Waals surface area contributed by atoms with Gasteiger partial charge in [0, 0.05) is 45.5 Å². The fourth-order valence-electron chi connectivity index (χ4n) is 3.98. The maximum Gasteiger partial charge on any atom is 0.237 e. The van der Waals surface area contributed by atoms with E-state index in [1.807, 2.05) is 25.3 Å². The lowest BCUT2D eigenvalue weighted by atomic mass is 9.89. The Bertz CT molecular complexity index is 522. The Hall–Kier alpha value is -1.46. The SMILES string of the molecule is CC(C(=O)NCC1CCCCC1)N1CCN(Cc2ccccn2)CC1. The molecule has 1 aromatic rings. The smallest absolute Gasteiger partial charge is 0.237 e. The fourth-order valence-corrected chi connectivity index (χ4v) is 3.98. The van der Waals surface area contributed by atoms with Gasteiger partial charge in [-0.05, 0) is 37.8 Å². The number of amides is 1. The number of nitrogens with zero attached hydrogens (tertiary/aromatic N) is 3. The van der Waals surface area contributed by atoms with Crippen molar-refractivity contribution in [2.45, 2.75) is 51.6 Å². The molecule has 138 valence electrons. The predicted molar refractivity (Wildman–Crippen MR) is 100 cm³/mol. The molecule has 1 saturated heterocycles.